The lowest BCUT2D eigenvalue weighted by Gasteiger charge is -2.21. The number of carbonyl (C=O) groups excluding carboxylic acids is 1. The Morgan fingerprint density at radius 1 is 1.19 bits per heavy atom. The van der Waals surface area contributed by atoms with E-state index in [9.17, 15) is 27.9 Å². The van der Waals surface area contributed by atoms with E-state index in [-0.39, 0.29) is 25.0 Å². The zero-order chi connectivity index (χ0) is 26.0. The number of sulfonamides is 1. The van der Waals surface area contributed by atoms with E-state index in [2.05, 4.69) is 9.71 Å². The van der Waals surface area contributed by atoms with Gasteiger partial charge in [0.15, 0.2) is 5.13 Å². The van der Waals surface area contributed by atoms with Crippen LogP contribution in [0.5, 0.6) is 0 Å². The van der Waals surface area contributed by atoms with Crippen LogP contribution >= 0.6 is 35.3 Å². The van der Waals surface area contributed by atoms with E-state index < -0.39 is 40.3 Å². The maximum atomic E-state index is 12.8. The number of hydrogen-bond acceptors (Lipinski definition) is 10. The van der Waals surface area contributed by atoms with Crippen molar-refractivity contribution >= 4 is 78.7 Å². The molecule has 1 fully saturated rings. The number of carbonyl (C=O) groups is 3. The normalized spacial score (nSPS) is 15.9. The summed E-state index contributed by atoms with van der Waals surface area (Å²) in [7, 11) is -3.81. The molecule has 3 N–H and O–H groups in total. The highest BCUT2D eigenvalue weighted by molar-refractivity contribution is 8.26. The Morgan fingerprint density at radius 3 is 2.53 bits per heavy atom. The van der Waals surface area contributed by atoms with Crippen LogP contribution in [0.1, 0.15) is 12.2 Å². The number of thioether (sulfide) groups is 1. The molecule has 3 heterocycles. The van der Waals surface area contributed by atoms with E-state index in [0.29, 0.717) is 11.3 Å². The Kier molecular flexibility index (Phi) is 7.26. The van der Waals surface area contributed by atoms with Crippen LogP contribution in [0, 0.1) is 0 Å². The van der Waals surface area contributed by atoms with Gasteiger partial charge in [0.25, 0.3) is 15.9 Å². The predicted octanol–water partition coefficient (Wildman–Crippen LogP) is 3.33. The van der Waals surface area contributed by atoms with Gasteiger partial charge in [0.05, 0.1) is 16.2 Å². The average Bonchev–Trinajstić information content (AvgIpc) is 3.54. The lowest BCUT2D eigenvalue weighted by molar-refractivity contribution is -0.150. The highest BCUT2D eigenvalue weighted by Crippen LogP contribution is 2.35. The minimum Gasteiger partial charge on any atom is -0.481 e. The van der Waals surface area contributed by atoms with Crippen LogP contribution in [0.4, 0.5) is 5.13 Å². The van der Waals surface area contributed by atoms with Gasteiger partial charge >= 0.3 is 11.9 Å². The molecule has 11 nitrogen and oxygen atoms in total. The van der Waals surface area contributed by atoms with Crippen LogP contribution < -0.4 is 4.72 Å². The van der Waals surface area contributed by atoms with Crippen molar-refractivity contribution in [3.63, 3.8) is 0 Å². The van der Waals surface area contributed by atoms with Gasteiger partial charge in [-0.25, -0.2) is 18.2 Å². The molecule has 1 aliphatic rings. The maximum Gasteiger partial charge on any atom is 0.327 e. The molecule has 3 aromatic rings. The van der Waals surface area contributed by atoms with Crippen molar-refractivity contribution in [3.8, 4) is 11.3 Å². The van der Waals surface area contributed by atoms with E-state index in [1.807, 2.05) is 0 Å². The first-order valence-corrected chi connectivity index (χ1v) is 13.5. The number of anilines is 1. The summed E-state index contributed by atoms with van der Waals surface area (Å²) in [6.07, 6.45) is 2.06. The number of rotatable bonds is 9. The van der Waals surface area contributed by atoms with Crippen molar-refractivity contribution in [3.05, 3.63) is 58.6 Å². The van der Waals surface area contributed by atoms with Gasteiger partial charge in [-0.2, -0.15) is 0 Å². The molecule has 186 valence electrons. The van der Waals surface area contributed by atoms with E-state index in [1.165, 1.54) is 24.4 Å². The summed E-state index contributed by atoms with van der Waals surface area (Å²) in [6.45, 7) is 0. The summed E-state index contributed by atoms with van der Waals surface area (Å²) in [4.78, 5) is 40.0. The number of amides is 1. The number of benzene rings is 1. The third-order valence-electron chi connectivity index (χ3n) is 4.79. The van der Waals surface area contributed by atoms with Crippen LogP contribution in [0.15, 0.2) is 62.2 Å². The second-order valence-electron chi connectivity index (χ2n) is 7.17. The lowest BCUT2D eigenvalue weighted by atomic mass is 10.2. The number of nitrogens with zero attached hydrogens (tertiary/aromatic N) is 2. The molecule has 0 saturated carbocycles. The van der Waals surface area contributed by atoms with Crippen molar-refractivity contribution in [1.82, 2.24) is 9.88 Å². The molecule has 0 aliphatic carbocycles. The second kappa shape index (κ2) is 10.2. The summed E-state index contributed by atoms with van der Waals surface area (Å²) in [5.74, 6) is -2.95. The number of carboxylic acid groups (broad SMARTS) is 2. The van der Waals surface area contributed by atoms with E-state index >= 15 is 0 Å². The first-order chi connectivity index (χ1) is 17.0. The molecule has 4 rings (SSSR count). The van der Waals surface area contributed by atoms with Gasteiger partial charge in [0.1, 0.15) is 21.9 Å². The summed E-state index contributed by atoms with van der Waals surface area (Å²) in [5, 5.41) is 20.2. The Labute approximate surface area is 217 Å². The number of thiazole rings is 1. The van der Waals surface area contributed by atoms with E-state index in [1.54, 1.807) is 29.6 Å². The molecule has 0 unspecified atom stereocenters. The predicted molar refractivity (Wildman–Crippen MR) is 136 cm³/mol. The zero-order valence-electron chi connectivity index (χ0n) is 17.9. The molecule has 1 aromatic carbocycles. The minimum atomic E-state index is -3.81. The molecule has 0 bridgehead atoms. The van der Waals surface area contributed by atoms with Crippen molar-refractivity contribution in [2.24, 2.45) is 0 Å². The van der Waals surface area contributed by atoms with Gasteiger partial charge in [-0.1, -0.05) is 24.0 Å². The number of carboxylic acids is 2. The number of thiocarbonyl (C=S) groups is 1. The third-order valence-corrected chi connectivity index (χ3v) is 8.29. The maximum absolute atomic E-state index is 12.8. The summed E-state index contributed by atoms with van der Waals surface area (Å²) in [5.41, 5.74) is 0.572. The first-order valence-electron chi connectivity index (χ1n) is 9.89. The molecule has 1 aliphatic heterocycles. The van der Waals surface area contributed by atoms with Crippen LogP contribution in [0.25, 0.3) is 17.4 Å². The quantitative estimate of drug-likeness (QED) is 0.257. The van der Waals surface area contributed by atoms with Crippen molar-refractivity contribution in [1.29, 1.82) is 0 Å². The lowest BCUT2D eigenvalue weighted by Crippen LogP contribution is -2.45. The molecule has 36 heavy (non-hydrogen) atoms. The molecular weight excluding hydrogens is 551 g/mol. The van der Waals surface area contributed by atoms with Gasteiger partial charge in [0, 0.05) is 23.2 Å². The number of aliphatic carboxylic acids is 2. The van der Waals surface area contributed by atoms with Gasteiger partial charge < -0.3 is 14.6 Å². The van der Waals surface area contributed by atoms with Crippen molar-refractivity contribution in [2.75, 3.05) is 4.72 Å². The summed E-state index contributed by atoms with van der Waals surface area (Å²) >= 11 is 7.09. The number of furan rings is 1. The highest BCUT2D eigenvalue weighted by atomic mass is 32.2. The zero-order valence-corrected chi connectivity index (χ0v) is 21.1. The van der Waals surface area contributed by atoms with Crippen LogP contribution in [-0.4, -0.2) is 56.7 Å². The van der Waals surface area contributed by atoms with E-state index in [0.717, 1.165) is 28.0 Å². The van der Waals surface area contributed by atoms with Crippen molar-refractivity contribution < 1.29 is 37.4 Å². The molecule has 2 aromatic heterocycles. The topological polar surface area (TPSA) is 167 Å². The highest BCUT2D eigenvalue weighted by Gasteiger charge is 2.41. The average molecular weight is 566 g/mol. The molecule has 0 spiro atoms. The monoisotopic (exact) mass is 565 g/mol. The smallest absolute Gasteiger partial charge is 0.327 e. The Bertz CT molecular complexity index is 1480. The van der Waals surface area contributed by atoms with Gasteiger partial charge in [-0.05, 0) is 36.4 Å². The molecular formula is C21H15N3O8S4. The molecule has 1 atom stereocenters. The van der Waals surface area contributed by atoms with Crippen LogP contribution in [0.2, 0.25) is 0 Å². The Hall–Kier alpha value is -3.53. The number of nitrogens with one attached hydrogen (secondary N) is 1. The van der Waals surface area contributed by atoms with Crippen LogP contribution in [-0.2, 0) is 24.4 Å². The fourth-order valence-electron chi connectivity index (χ4n) is 3.16. The summed E-state index contributed by atoms with van der Waals surface area (Å²) < 4.78 is 33.0. The van der Waals surface area contributed by atoms with Crippen molar-refractivity contribution in [2.45, 2.75) is 17.4 Å². The molecule has 1 saturated heterocycles. The Balaban J connectivity index is 1.51. The van der Waals surface area contributed by atoms with Gasteiger partial charge in [-0.3, -0.25) is 19.2 Å². The first kappa shape index (κ1) is 25.6. The minimum absolute atomic E-state index is 0.0336. The largest absolute Gasteiger partial charge is 0.481 e. The Morgan fingerprint density at radius 2 is 1.92 bits per heavy atom. The summed E-state index contributed by atoms with van der Waals surface area (Å²) in [6, 6.07) is 7.49. The second-order valence-corrected chi connectivity index (χ2v) is 11.4. The molecule has 15 heteroatoms. The standard InChI is InChI=1S/C21H15N3O8S4/c25-17(26)10-14(19(28)29)24-18(27)16(35-21(24)33)9-12-3-6-15(32-12)11-1-4-13(5-2-11)36(30,31)23-20-22-7-8-34-20/h1-9,14H,10H2,(H,22,23)(H,25,26)(H,28,29)/b16-9-/t14-/m0/s1. The molecule has 0 radical (unpaired) electrons. The fourth-order valence-corrected chi connectivity index (χ4v) is 6.29. The van der Waals surface area contributed by atoms with Gasteiger partial charge in [0.2, 0.25) is 0 Å². The molecule has 1 amide bonds. The SMILES string of the molecule is O=C(O)C[C@@H](C(=O)O)N1C(=O)/C(=C/c2ccc(-c3ccc(S(=O)(=O)Nc4nccs4)cc3)o2)SC1=S. The fraction of sp³-hybridized carbons (Fsp3) is 0.0952. The third kappa shape index (κ3) is 5.48. The number of hydrogen-bond donors (Lipinski definition) is 3. The van der Waals surface area contributed by atoms with E-state index in [4.69, 9.17) is 21.7 Å². The van der Waals surface area contributed by atoms with Crippen LogP contribution in [0.3, 0.4) is 0 Å². The number of aromatic nitrogens is 1. The van der Waals surface area contributed by atoms with Gasteiger partial charge in [-0.15, -0.1) is 11.3 Å².